The third kappa shape index (κ3) is 1.03. The topological polar surface area (TPSA) is 30.7 Å². The summed E-state index contributed by atoms with van der Waals surface area (Å²) >= 11 is 0. The number of aromatic nitrogens is 3. The number of nitrogens with zero attached hydrogens (tertiary/aromatic N) is 3. The molecule has 3 heteroatoms. The van der Waals surface area contributed by atoms with Crippen molar-refractivity contribution in [2.24, 2.45) is 0 Å². The molecule has 66 valence electrons. The zero-order chi connectivity index (χ0) is 8.84. The van der Waals surface area contributed by atoms with E-state index in [1.165, 1.54) is 12.8 Å². The molecule has 1 aliphatic carbocycles. The van der Waals surface area contributed by atoms with Crippen molar-refractivity contribution in [2.75, 3.05) is 0 Å². The van der Waals surface area contributed by atoms with Gasteiger partial charge in [0.1, 0.15) is 0 Å². The van der Waals surface area contributed by atoms with Gasteiger partial charge in [-0.2, -0.15) is 5.10 Å². The fraction of sp³-hybridized carbons (Fsp3) is 0.400. The maximum Gasteiger partial charge on any atom is 0.158 e. The fourth-order valence-electron chi connectivity index (χ4n) is 1.60. The highest BCUT2D eigenvalue weighted by atomic mass is 15.3. The lowest BCUT2D eigenvalue weighted by molar-refractivity contribution is 0.658. The van der Waals surface area contributed by atoms with E-state index in [4.69, 9.17) is 0 Å². The monoisotopic (exact) mass is 173 g/mol. The lowest BCUT2D eigenvalue weighted by atomic mass is 10.3. The standard InChI is InChI=1S/C10H11N3/c1-7-2-3-8-6-11-13(9-4-5-9)10(8)12-7/h2-3,6,9H,4-5H2,1H3. The van der Waals surface area contributed by atoms with Crippen LogP contribution in [0, 0.1) is 6.92 Å². The molecule has 0 atom stereocenters. The van der Waals surface area contributed by atoms with E-state index in [0.717, 1.165) is 16.7 Å². The molecule has 0 N–H and O–H groups in total. The zero-order valence-electron chi connectivity index (χ0n) is 7.57. The number of rotatable bonds is 1. The molecule has 0 spiro atoms. The summed E-state index contributed by atoms with van der Waals surface area (Å²) in [7, 11) is 0. The van der Waals surface area contributed by atoms with E-state index in [1.807, 2.05) is 19.2 Å². The molecule has 0 amide bonds. The third-order valence-corrected chi connectivity index (χ3v) is 2.48. The molecule has 1 fully saturated rings. The maximum absolute atomic E-state index is 4.50. The van der Waals surface area contributed by atoms with Crippen molar-refractivity contribution >= 4 is 11.0 Å². The molecule has 0 unspecified atom stereocenters. The number of hydrogen-bond acceptors (Lipinski definition) is 2. The highest BCUT2D eigenvalue weighted by Gasteiger charge is 2.26. The summed E-state index contributed by atoms with van der Waals surface area (Å²) in [6.07, 6.45) is 4.42. The lowest BCUT2D eigenvalue weighted by Crippen LogP contribution is -1.97. The number of fused-ring (bicyclic) bond motifs is 1. The van der Waals surface area contributed by atoms with Crippen molar-refractivity contribution in [1.82, 2.24) is 14.8 Å². The lowest BCUT2D eigenvalue weighted by Gasteiger charge is -1.99. The van der Waals surface area contributed by atoms with Gasteiger partial charge >= 0.3 is 0 Å². The van der Waals surface area contributed by atoms with Crippen molar-refractivity contribution in [3.05, 3.63) is 24.0 Å². The predicted octanol–water partition coefficient (Wildman–Crippen LogP) is 2.07. The van der Waals surface area contributed by atoms with Crippen LogP contribution in [0.3, 0.4) is 0 Å². The number of hydrogen-bond donors (Lipinski definition) is 0. The molecule has 0 radical (unpaired) electrons. The summed E-state index contributed by atoms with van der Waals surface area (Å²) in [5.74, 6) is 0. The van der Waals surface area contributed by atoms with Gasteiger partial charge < -0.3 is 0 Å². The van der Waals surface area contributed by atoms with Gasteiger partial charge in [-0.15, -0.1) is 0 Å². The SMILES string of the molecule is Cc1ccc2cnn(C3CC3)c2n1. The van der Waals surface area contributed by atoms with Crippen LogP contribution in [0.25, 0.3) is 11.0 Å². The molecule has 0 saturated heterocycles. The Morgan fingerprint density at radius 2 is 2.23 bits per heavy atom. The Morgan fingerprint density at radius 1 is 1.38 bits per heavy atom. The Labute approximate surface area is 76.4 Å². The Balaban J connectivity index is 2.29. The second kappa shape index (κ2) is 2.31. The molecular weight excluding hydrogens is 162 g/mol. The van der Waals surface area contributed by atoms with E-state index < -0.39 is 0 Å². The molecule has 0 aromatic carbocycles. The van der Waals surface area contributed by atoms with Crippen LogP contribution in [0.2, 0.25) is 0 Å². The van der Waals surface area contributed by atoms with Gasteiger partial charge in [0.05, 0.1) is 12.2 Å². The fourth-order valence-corrected chi connectivity index (χ4v) is 1.60. The minimum Gasteiger partial charge on any atom is -0.244 e. The first kappa shape index (κ1) is 7.06. The Hall–Kier alpha value is -1.38. The molecule has 2 aromatic rings. The number of pyridine rings is 1. The molecule has 2 heterocycles. The average Bonchev–Trinajstić information content (AvgIpc) is 2.87. The van der Waals surface area contributed by atoms with Gasteiger partial charge in [-0.1, -0.05) is 0 Å². The van der Waals surface area contributed by atoms with Gasteiger partial charge in [-0.3, -0.25) is 0 Å². The second-order valence-electron chi connectivity index (χ2n) is 3.69. The summed E-state index contributed by atoms with van der Waals surface area (Å²) in [4.78, 5) is 4.50. The van der Waals surface area contributed by atoms with E-state index in [1.54, 1.807) is 0 Å². The Morgan fingerprint density at radius 3 is 3.00 bits per heavy atom. The van der Waals surface area contributed by atoms with Gasteiger partial charge in [-0.05, 0) is 31.9 Å². The predicted molar refractivity (Wildman–Crippen MR) is 50.5 cm³/mol. The van der Waals surface area contributed by atoms with Crippen molar-refractivity contribution in [3.8, 4) is 0 Å². The quantitative estimate of drug-likeness (QED) is 0.661. The minimum atomic E-state index is 0.617. The van der Waals surface area contributed by atoms with Crippen LogP contribution in [0.1, 0.15) is 24.6 Å². The van der Waals surface area contributed by atoms with Crippen molar-refractivity contribution in [3.63, 3.8) is 0 Å². The van der Waals surface area contributed by atoms with Crippen molar-refractivity contribution in [1.29, 1.82) is 0 Å². The van der Waals surface area contributed by atoms with E-state index in [2.05, 4.69) is 20.8 Å². The molecule has 3 nitrogen and oxygen atoms in total. The normalized spacial score (nSPS) is 16.7. The molecule has 2 aromatic heterocycles. The highest BCUT2D eigenvalue weighted by Crippen LogP contribution is 2.35. The largest absolute Gasteiger partial charge is 0.244 e. The van der Waals surface area contributed by atoms with Crippen LogP contribution in [0.4, 0.5) is 0 Å². The van der Waals surface area contributed by atoms with Crippen molar-refractivity contribution < 1.29 is 0 Å². The molecule has 1 saturated carbocycles. The van der Waals surface area contributed by atoms with Gasteiger partial charge in [-0.25, -0.2) is 9.67 Å². The average molecular weight is 173 g/mol. The first-order chi connectivity index (χ1) is 6.34. The molecule has 0 aliphatic heterocycles. The van der Waals surface area contributed by atoms with Gasteiger partial charge in [0, 0.05) is 11.1 Å². The minimum absolute atomic E-state index is 0.617. The molecular formula is C10H11N3. The first-order valence-electron chi connectivity index (χ1n) is 4.65. The van der Waals surface area contributed by atoms with Gasteiger partial charge in [0.25, 0.3) is 0 Å². The van der Waals surface area contributed by atoms with E-state index in [9.17, 15) is 0 Å². The number of aryl methyl sites for hydroxylation is 1. The third-order valence-electron chi connectivity index (χ3n) is 2.48. The van der Waals surface area contributed by atoms with Crippen LogP contribution in [-0.2, 0) is 0 Å². The van der Waals surface area contributed by atoms with Gasteiger partial charge in [0.2, 0.25) is 0 Å². The van der Waals surface area contributed by atoms with Crippen LogP contribution in [0.5, 0.6) is 0 Å². The maximum atomic E-state index is 4.50. The smallest absolute Gasteiger partial charge is 0.158 e. The Bertz CT molecular complexity index is 454. The summed E-state index contributed by atoms with van der Waals surface area (Å²) in [6, 6.07) is 4.73. The van der Waals surface area contributed by atoms with Crippen LogP contribution in [0.15, 0.2) is 18.3 Å². The second-order valence-corrected chi connectivity index (χ2v) is 3.69. The van der Waals surface area contributed by atoms with E-state index >= 15 is 0 Å². The van der Waals surface area contributed by atoms with Crippen LogP contribution >= 0.6 is 0 Å². The molecule has 0 bridgehead atoms. The zero-order valence-corrected chi connectivity index (χ0v) is 7.57. The highest BCUT2D eigenvalue weighted by molar-refractivity contribution is 5.74. The van der Waals surface area contributed by atoms with E-state index in [0.29, 0.717) is 6.04 Å². The van der Waals surface area contributed by atoms with Crippen LogP contribution in [-0.4, -0.2) is 14.8 Å². The molecule has 3 rings (SSSR count). The Kier molecular flexibility index (Phi) is 1.26. The summed E-state index contributed by atoms with van der Waals surface area (Å²) in [5, 5.41) is 5.50. The summed E-state index contributed by atoms with van der Waals surface area (Å²) in [6.45, 7) is 2.02. The molecule has 13 heavy (non-hydrogen) atoms. The first-order valence-corrected chi connectivity index (χ1v) is 4.65. The van der Waals surface area contributed by atoms with Crippen LogP contribution < -0.4 is 0 Å². The van der Waals surface area contributed by atoms with Crippen molar-refractivity contribution in [2.45, 2.75) is 25.8 Å². The summed E-state index contributed by atoms with van der Waals surface area (Å²) < 4.78 is 2.06. The van der Waals surface area contributed by atoms with Gasteiger partial charge in [0.15, 0.2) is 5.65 Å². The summed E-state index contributed by atoms with van der Waals surface area (Å²) in [5.41, 5.74) is 2.11. The molecule has 1 aliphatic rings. The van der Waals surface area contributed by atoms with E-state index in [-0.39, 0.29) is 0 Å².